The van der Waals surface area contributed by atoms with Crippen LogP contribution in [0.25, 0.3) is 22.3 Å². The van der Waals surface area contributed by atoms with Crippen LogP contribution >= 0.6 is 23.2 Å². The molecule has 0 aliphatic carbocycles. The molecule has 7 heterocycles. The lowest BCUT2D eigenvalue weighted by Crippen LogP contribution is -2.65. The first kappa shape index (κ1) is 86.6. The monoisotopic (exact) mass is 1670 g/mol. The fourth-order valence-electron chi connectivity index (χ4n) is 14.8. The van der Waals surface area contributed by atoms with Gasteiger partial charge in [-0.1, -0.05) is 110 Å². The number of amides is 8. The highest BCUT2D eigenvalue weighted by molar-refractivity contribution is 6.32. The molecule has 35 heteroatoms. The molecule has 7 aliphatic heterocycles. The van der Waals surface area contributed by atoms with E-state index in [1.807, 2.05) is 68.4 Å². The SMILES string of the molecule is CN[C@H](CC(C)C)C(=O)N[C@H]1C(=O)N[C@@H](CC(N)=O)C(=O)N[C@H]2C(=O)N[C@H]3C(=O)N[C@H](C(=O)N[C@H](C(=O)NC(C)(C)C)c4cc(O)cc(O)c4-c4cc3ccc4O)[C@H](O)c3ccc(c(Cl)c3)Oc3cc2cc(c3O[C@@H]2O[C@H](CO)[C@@H](O)[C@H](O)[C@H]2O[C@H]2C[C@](C)(NCc3ccc(-c4ccccc4)cc3)[C@@H](O)[C@H](C)O2)Oc2ccc(cc2Cl)[C@H]1O. The smallest absolute Gasteiger partial charge is 0.248 e. The maximum Gasteiger partial charge on any atom is 0.248 e. The Morgan fingerprint density at radius 2 is 1.28 bits per heavy atom. The molecule has 11 bridgehead atoms. The zero-order valence-corrected chi connectivity index (χ0v) is 66.7. The van der Waals surface area contributed by atoms with E-state index in [2.05, 4.69) is 47.9 Å². The van der Waals surface area contributed by atoms with E-state index in [1.54, 1.807) is 34.6 Å². The van der Waals surface area contributed by atoms with Gasteiger partial charge in [-0.3, -0.25) is 38.4 Å². The van der Waals surface area contributed by atoms with Gasteiger partial charge in [0.15, 0.2) is 23.9 Å². The number of phenolic OH excluding ortho intramolecular Hbond substituents is 3. The van der Waals surface area contributed by atoms with Gasteiger partial charge in [-0.2, -0.15) is 0 Å². The molecule has 8 amide bonds. The van der Waals surface area contributed by atoms with E-state index < -0.39 is 226 Å². The molecule has 0 unspecified atom stereocenters. The molecule has 0 spiro atoms. The number of hydrogen-bond donors (Lipinski definition) is 19. The number of aliphatic hydroxyl groups excluding tert-OH is 6. The Morgan fingerprint density at radius 3 is 1.89 bits per heavy atom. The average molecular weight is 1670 g/mol. The summed E-state index contributed by atoms with van der Waals surface area (Å²) >= 11 is 14.4. The molecule has 628 valence electrons. The number of phenols is 3. The van der Waals surface area contributed by atoms with E-state index in [1.165, 1.54) is 31.3 Å². The van der Waals surface area contributed by atoms with Gasteiger partial charge in [0.05, 0.1) is 41.3 Å². The Balaban J connectivity index is 1.05. The van der Waals surface area contributed by atoms with E-state index in [4.69, 9.17) is 57.4 Å². The standard InChI is InChI=1S/C83H94Cl2N10O23/c1-36(2)24-50(87-8)74(106)93-65-67(101)42-19-22-54(48(84)26-42)114-56-28-44-29-57(71(56)118-81-72(70(104)69(103)58(35-96)116-81)117-60-33-83(7,73(105)37(3)113-60)88-34-38-14-16-40(17-15-38)39-12-10-9-11-13-39)115-55-23-20-43(27-49(55)85)68(102)66-79(111)92-64(80(112)95-82(4,5)6)47-30-45(97)31-53(99)61(47)46-25-41(18-21-52(46)98)62(76(108)94-66)91-77(109)63(44)90-75(107)51(32-59(86)100)89-78(65)110/h9-23,25-31,36-37,50-51,58,60,62-70,72-73,81,87-88,96-99,101-105H,24,32-35H2,1-8H3,(H2,86,100)(H,89,110)(H,90,107)(H,91,109)(H,92,111)(H,93,106)(H,94,108)(H,95,112)/t37-,50+,51-,58+,60-,62+,63+,64-,65+,66-,67+,68+,69+,70-,72+,73-,81-,83-/m0/s1. The van der Waals surface area contributed by atoms with Crippen molar-refractivity contribution >= 4 is 70.5 Å². The van der Waals surface area contributed by atoms with Crippen molar-refractivity contribution in [1.82, 2.24) is 47.9 Å². The van der Waals surface area contributed by atoms with Gasteiger partial charge in [-0.15, -0.1) is 0 Å². The molecule has 118 heavy (non-hydrogen) atoms. The van der Waals surface area contributed by atoms with Gasteiger partial charge in [-0.05, 0) is 153 Å². The van der Waals surface area contributed by atoms with Gasteiger partial charge < -0.3 is 128 Å². The number of benzene rings is 7. The lowest BCUT2D eigenvalue weighted by Gasteiger charge is -2.48. The molecule has 2 saturated heterocycles. The Morgan fingerprint density at radius 1 is 0.669 bits per heavy atom. The molecule has 7 aliphatic rings. The molecule has 20 N–H and O–H groups in total. The van der Waals surface area contributed by atoms with Crippen LogP contribution in [-0.4, -0.2) is 191 Å². The van der Waals surface area contributed by atoms with Crippen LogP contribution in [0.3, 0.4) is 0 Å². The normalized spacial score (nSPS) is 27.0. The Bertz CT molecular complexity index is 4960. The molecular formula is C83H94Cl2N10O23. The number of nitrogens with one attached hydrogen (secondary N) is 9. The van der Waals surface area contributed by atoms with Crippen LogP contribution in [0.1, 0.15) is 131 Å². The average Bonchev–Trinajstić information content (AvgIpc) is 0.770. The minimum Gasteiger partial charge on any atom is -0.508 e. The van der Waals surface area contributed by atoms with Crippen LogP contribution in [0, 0.1) is 5.92 Å². The van der Waals surface area contributed by atoms with Gasteiger partial charge in [-0.25, -0.2) is 0 Å². The van der Waals surface area contributed by atoms with E-state index in [9.17, 15) is 60.3 Å². The molecule has 0 saturated carbocycles. The fourth-order valence-corrected chi connectivity index (χ4v) is 15.3. The number of primary amides is 1. The highest BCUT2D eigenvalue weighted by atomic mass is 35.5. The number of carbonyl (C=O) groups is 8. The van der Waals surface area contributed by atoms with Crippen molar-refractivity contribution in [2.45, 2.75) is 189 Å². The summed E-state index contributed by atoms with van der Waals surface area (Å²) in [4.78, 5) is 120. The molecule has 0 aromatic heterocycles. The molecule has 0 radical (unpaired) electrons. The van der Waals surface area contributed by atoms with E-state index >= 15 is 24.0 Å². The summed E-state index contributed by atoms with van der Waals surface area (Å²) in [5.74, 6) is -14.5. The summed E-state index contributed by atoms with van der Waals surface area (Å²) in [6.07, 6.45) is -18.4. The molecule has 14 rings (SSSR count). The highest BCUT2D eigenvalue weighted by Gasteiger charge is 2.52. The summed E-state index contributed by atoms with van der Waals surface area (Å²) in [7, 11) is 1.49. The first-order valence-corrected chi connectivity index (χ1v) is 38.8. The van der Waals surface area contributed by atoms with Crippen molar-refractivity contribution in [2.75, 3.05) is 13.7 Å². The molecule has 7 aromatic rings. The van der Waals surface area contributed by atoms with Crippen LogP contribution < -0.4 is 67.8 Å². The Kier molecular flexibility index (Phi) is 26.3. The van der Waals surface area contributed by atoms with E-state index in [0.717, 1.165) is 71.3 Å². The van der Waals surface area contributed by atoms with Crippen LogP contribution in [0.15, 0.2) is 133 Å². The quantitative estimate of drug-likeness (QED) is 0.0599. The molecule has 7 aromatic carbocycles. The predicted molar refractivity (Wildman–Crippen MR) is 424 cm³/mol. The number of aliphatic hydroxyl groups is 6. The number of rotatable bonds is 17. The second-order valence-electron chi connectivity index (χ2n) is 31.4. The van der Waals surface area contributed by atoms with Crippen molar-refractivity contribution in [3.63, 3.8) is 0 Å². The van der Waals surface area contributed by atoms with Gasteiger partial charge in [0.25, 0.3) is 0 Å². The number of halogens is 2. The van der Waals surface area contributed by atoms with Crippen LogP contribution in [0.2, 0.25) is 10.0 Å². The van der Waals surface area contributed by atoms with Crippen molar-refractivity contribution in [2.24, 2.45) is 11.7 Å². The van der Waals surface area contributed by atoms with Crippen LogP contribution in [0.5, 0.6) is 46.0 Å². The molecule has 18 atom stereocenters. The van der Waals surface area contributed by atoms with E-state index in [0.29, 0.717) is 0 Å². The lowest BCUT2D eigenvalue weighted by molar-refractivity contribution is -0.334. The van der Waals surface area contributed by atoms with Gasteiger partial charge in [0.2, 0.25) is 59.3 Å². The van der Waals surface area contributed by atoms with Crippen LogP contribution in [0.4, 0.5) is 0 Å². The topological polar surface area (TPSA) is 508 Å². The molecule has 2 fully saturated rings. The number of hydrogen-bond acceptors (Lipinski definition) is 25. The lowest BCUT2D eigenvalue weighted by atomic mass is 9.84. The number of aromatic hydroxyl groups is 3. The minimum atomic E-state index is -2.34. The number of fused-ring (bicyclic) bond motifs is 15. The maximum atomic E-state index is 16.3. The second kappa shape index (κ2) is 35.8. The summed E-state index contributed by atoms with van der Waals surface area (Å²) < 4.78 is 39.7. The van der Waals surface area contributed by atoms with Crippen molar-refractivity contribution in [3.05, 3.63) is 177 Å². The Labute approximate surface area is 687 Å². The highest BCUT2D eigenvalue weighted by Crippen LogP contribution is 2.50. The zero-order valence-electron chi connectivity index (χ0n) is 65.2. The summed E-state index contributed by atoms with van der Waals surface area (Å²) in [5, 5.41) is 130. The summed E-state index contributed by atoms with van der Waals surface area (Å²) in [5.41, 5.74) is 4.08. The summed E-state index contributed by atoms with van der Waals surface area (Å²) in [6.45, 7) is 11.1. The third-order valence-corrected chi connectivity index (χ3v) is 21.6. The van der Waals surface area contributed by atoms with Gasteiger partial charge in [0.1, 0.15) is 95.5 Å². The van der Waals surface area contributed by atoms with E-state index in [-0.39, 0.29) is 69.6 Å². The predicted octanol–water partition coefficient (Wildman–Crippen LogP) is 4.43. The zero-order chi connectivity index (χ0) is 85.3. The third-order valence-electron chi connectivity index (χ3n) is 21.0. The first-order valence-electron chi connectivity index (χ1n) is 38.0. The van der Waals surface area contributed by atoms with Crippen molar-refractivity contribution in [1.29, 1.82) is 0 Å². The Hall–Kier alpha value is -10.8. The summed E-state index contributed by atoms with van der Waals surface area (Å²) in [6, 6.07) is 18.0. The van der Waals surface area contributed by atoms with Crippen LogP contribution in [-0.2, 0) is 59.1 Å². The number of carbonyl (C=O) groups excluding carboxylic acids is 8. The minimum absolute atomic E-state index is 0.101. The van der Waals surface area contributed by atoms with Gasteiger partial charge in [0, 0.05) is 41.2 Å². The van der Waals surface area contributed by atoms with Crippen molar-refractivity contribution in [3.8, 4) is 68.2 Å². The largest absolute Gasteiger partial charge is 0.508 e. The molecular weight excluding hydrogens is 1580 g/mol. The molecule has 33 nitrogen and oxygen atoms in total. The second-order valence-corrected chi connectivity index (χ2v) is 32.3. The first-order chi connectivity index (χ1) is 55.9. The maximum absolute atomic E-state index is 16.3. The number of nitrogens with two attached hydrogens (primary N) is 1. The van der Waals surface area contributed by atoms with Gasteiger partial charge >= 0.3 is 0 Å². The third kappa shape index (κ3) is 19.2. The number of likely N-dealkylation sites (N-methyl/N-ethyl adjacent to an activating group) is 1. The van der Waals surface area contributed by atoms with Crippen molar-refractivity contribution < 1.29 is 113 Å². The number of ether oxygens (including phenoxy) is 6. The fraction of sp³-hybridized carbons (Fsp3) is 0.398.